The van der Waals surface area contributed by atoms with Crippen molar-refractivity contribution in [3.05, 3.63) is 108 Å². The number of hydrogen-bond acceptors (Lipinski definition) is 11. The zero-order valence-corrected chi connectivity index (χ0v) is 43.7. The average molecular weight is 965 g/mol. The van der Waals surface area contributed by atoms with Gasteiger partial charge >= 0.3 is 0 Å². The van der Waals surface area contributed by atoms with Crippen molar-refractivity contribution in [2.45, 2.75) is 106 Å². The molecule has 0 atom stereocenters. The smallest absolute Gasteiger partial charge is 0.165 e. The van der Waals surface area contributed by atoms with E-state index in [2.05, 4.69) is 116 Å². The van der Waals surface area contributed by atoms with Gasteiger partial charge in [0.05, 0.1) is 67.7 Å². The summed E-state index contributed by atoms with van der Waals surface area (Å²) in [6.45, 7) is 25.8. The minimum atomic E-state index is -0.346. The number of H-pyrrole nitrogens is 3. The van der Waals surface area contributed by atoms with Gasteiger partial charge in [0.25, 0.3) is 0 Å². The molecule has 3 N–H and O–H groups in total. The monoisotopic (exact) mass is 965 g/mol. The van der Waals surface area contributed by atoms with Crippen LogP contribution in [0.25, 0.3) is 33.8 Å². The third kappa shape index (κ3) is 18.3. The van der Waals surface area contributed by atoms with E-state index < -0.39 is 0 Å². The van der Waals surface area contributed by atoms with Gasteiger partial charge in [0.2, 0.25) is 0 Å². The molecule has 3 aromatic carbocycles. The number of benzene rings is 3. The number of nitrogens with zero attached hydrogens (tertiary/aromatic N) is 7. The molecule has 4 heterocycles. The van der Waals surface area contributed by atoms with Crippen LogP contribution in [-0.4, -0.2) is 143 Å². The van der Waals surface area contributed by atoms with Crippen molar-refractivity contribution in [1.29, 1.82) is 0 Å². The molecule has 70 heavy (non-hydrogen) atoms. The highest BCUT2D eigenvalue weighted by Crippen LogP contribution is 2.30. The molecule has 6 aromatic rings. The Hall–Kier alpha value is -5.58. The SMILES string of the molecule is CCCN(C)Cc1cn[nH]c1-c1ccc(F)c(OC(C)C)c1.CCCN(C)Cc1cn[nH]c1-c1ccc(OCCCN2CCOCC2)cc1.CCCN(C)Cc1cn[nH]c1-c1cccc(OC(C)C)c1. The van der Waals surface area contributed by atoms with Gasteiger partial charge < -0.3 is 33.6 Å². The van der Waals surface area contributed by atoms with Gasteiger partial charge in [0.1, 0.15) is 11.5 Å². The van der Waals surface area contributed by atoms with E-state index in [9.17, 15) is 4.39 Å². The minimum Gasteiger partial charge on any atom is -0.494 e. The first-order valence-corrected chi connectivity index (χ1v) is 25.3. The lowest BCUT2D eigenvalue weighted by Crippen LogP contribution is -2.37. The number of rotatable bonds is 24. The first-order valence-electron chi connectivity index (χ1n) is 25.3. The molecular weight excluding hydrogens is 884 g/mol. The standard InChI is InChI=1S/C21H32N4O2.C17H24FN3O.C17H25N3O/c1-3-9-24(2)17-19-16-22-23-21(19)18-5-7-20(8-6-18)27-13-4-10-25-11-14-26-15-12-25;1-5-8-21(4)11-14-10-19-20-17(14)13-6-7-15(18)16(9-13)22-12(2)3;1-5-9-20(4)12-15-11-18-19-17(15)14-7-6-8-16(10-14)21-13(2)3/h5-8,16H,3-4,9-15,17H2,1-2H3,(H,22,23);6-7,9-10,12H,5,8,11H2,1-4H3,(H,19,20);6-8,10-11,13H,5,9,12H2,1-4H3,(H,18,19). The van der Waals surface area contributed by atoms with E-state index in [1.807, 2.05) is 70.6 Å². The molecule has 1 aliphatic rings. The quantitative estimate of drug-likeness (QED) is 0.0500. The molecule has 15 heteroatoms. The number of halogens is 1. The van der Waals surface area contributed by atoms with E-state index in [-0.39, 0.29) is 23.8 Å². The molecule has 0 saturated carbocycles. The predicted molar refractivity (Wildman–Crippen MR) is 281 cm³/mol. The Kier molecular flexibility index (Phi) is 23.4. The zero-order chi connectivity index (χ0) is 50.3. The molecule has 0 radical (unpaired) electrons. The van der Waals surface area contributed by atoms with Gasteiger partial charge in [0.15, 0.2) is 11.6 Å². The largest absolute Gasteiger partial charge is 0.494 e. The summed E-state index contributed by atoms with van der Waals surface area (Å²) in [7, 11) is 6.37. The fourth-order valence-corrected chi connectivity index (χ4v) is 8.32. The van der Waals surface area contributed by atoms with Crippen LogP contribution in [0.1, 0.15) is 90.8 Å². The van der Waals surface area contributed by atoms with E-state index in [1.165, 1.54) is 17.2 Å². The highest BCUT2D eigenvalue weighted by Gasteiger charge is 2.16. The second-order valence-corrected chi connectivity index (χ2v) is 18.7. The molecule has 0 aliphatic carbocycles. The molecule has 0 unspecified atom stereocenters. The second-order valence-electron chi connectivity index (χ2n) is 18.7. The molecule has 382 valence electrons. The summed E-state index contributed by atoms with van der Waals surface area (Å²) in [6.07, 6.45) is 10.2. The number of morpholine rings is 1. The summed E-state index contributed by atoms with van der Waals surface area (Å²) in [5.41, 5.74) is 9.77. The Bertz CT molecular complexity index is 2360. The summed E-state index contributed by atoms with van der Waals surface area (Å²) < 4.78 is 36.4. The first-order chi connectivity index (χ1) is 33.9. The molecule has 7 rings (SSSR count). The fraction of sp³-hybridized carbons (Fsp3) is 0.509. The van der Waals surface area contributed by atoms with Gasteiger partial charge in [-0.2, -0.15) is 15.3 Å². The van der Waals surface area contributed by atoms with E-state index in [1.54, 1.807) is 12.1 Å². The van der Waals surface area contributed by atoms with Crippen molar-refractivity contribution in [3.8, 4) is 51.0 Å². The number of hydrogen-bond donors (Lipinski definition) is 3. The van der Waals surface area contributed by atoms with Gasteiger partial charge in [-0.3, -0.25) is 20.2 Å². The maximum absolute atomic E-state index is 13.8. The van der Waals surface area contributed by atoms with Crippen molar-refractivity contribution in [3.63, 3.8) is 0 Å². The van der Waals surface area contributed by atoms with Gasteiger partial charge in [0, 0.05) is 72.6 Å². The maximum Gasteiger partial charge on any atom is 0.165 e. The van der Waals surface area contributed by atoms with Crippen molar-refractivity contribution in [2.75, 3.05) is 80.2 Å². The lowest BCUT2D eigenvalue weighted by Gasteiger charge is -2.26. The van der Waals surface area contributed by atoms with Crippen LogP contribution in [0.15, 0.2) is 85.3 Å². The molecule has 3 aromatic heterocycles. The third-order valence-electron chi connectivity index (χ3n) is 11.5. The van der Waals surface area contributed by atoms with Crippen LogP contribution in [0.2, 0.25) is 0 Å². The van der Waals surface area contributed by atoms with Crippen LogP contribution < -0.4 is 14.2 Å². The zero-order valence-electron chi connectivity index (χ0n) is 43.7. The molecule has 14 nitrogen and oxygen atoms in total. The van der Waals surface area contributed by atoms with Gasteiger partial charge in [-0.25, -0.2) is 4.39 Å². The second kappa shape index (κ2) is 29.6. The summed E-state index contributed by atoms with van der Waals surface area (Å²) >= 11 is 0. The Morgan fingerprint density at radius 1 is 0.614 bits per heavy atom. The van der Waals surface area contributed by atoms with Crippen LogP contribution in [0, 0.1) is 5.82 Å². The normalized spacial score (nSPS) is 12.9. The maximum atomic E-state index is 13.8. The van der Waals surface area contributed by atoms with E-state index in [4.69, 9.17) is 18.9 Å². The van der Waals surface area contributed by atoms with E-state index >= 15 is 0 Å². The lowest BCUT2D eigenvalue weighted by molar-refractivity contribution is 0.0358. The summed E-state index contributed by atoms with van der Waals surface area (Å²) in [6, 6.07) is 21.4. The Morgan fingerprint density at radius 2 is 1.10 bits per heavy atom. The third-order valence-corrected chi connectivity index (χ3v) is 11.5. The molecule has 0 amide bonds. The number of aromatic amines is 3. The van der Waals surface area contributed by atoms with Crippen LogP contribution in [0.4, 0.5) is 4.39 Å². The van der Waals surface area contributed by atoms with Gasteiger partial charge in [-0.05, 0) is 149 Å². The van der Waals surface area contributed by atoms with E-state index in [0.717, 1.165) is 155 Å². The molecule has 1 aliphatic heterocycles. The summed E-state index contributed by atoms with van der Waals surface area (Å²) in [5.74, 6) is 1.74. The van der Waals surface area contributed by atoms with Crippen LogP contribution in [-0.2, 0) is 24.4 Å². The van der Waals surface area contributed by atoms with Crippen LogP contribution in [0.3, 0.4) is 0 Å². The Labute approximate surface area is 417 Å². The Balaban J connectivity index is 0.000000198. The highest BCUT2D eigenvalue weighted by molar-refractivity contribution is 5.66. The summed E-state index contributed by atoms with van der Waals surface area (Å²) in [5, 5.41) is 21.9. The fourth-order valence-electron chi connectivity index (χ4n) is 8.32. The molecule has 1 saturated heterocycles. The topological polar surface area (TPSA) is 136 Å². The number of aromatic nitrogens is 6. The van der Waals surface area contributed by atoms with Crippen molar-refractivity contribution in [1.82, 2.24) is 50.2 Å². The first kappa shape index (κ1) is 55.3. The number of nitrogens with one attached hydrogen (secondary N) is 3. The van der Waals surface area contributed by atoms with Gasteiger partial charge in [-0.1, -0.05) is 32.9 Å². The predicted octanol–water partition coefficient (Wildman–Crippen LogP) is 10.6. The van der Waals surface area contributed by atoms with Crippen LogP contribution in [0.5, 0.6) is 17.2 Å². The molecule has 1 fully saturated rings. The van der Waals surface area contributed by atoms with Gasteiger partial charge in [-0.15, -0.1) is 0 Å². The summed E-state index contributed by atoms with van der Waals surface area (Å²) in [4.78, 5) is 9.30. The molecule has 0 spiro atoms. The van der Waals surface area contributed by atoms with Crippen LogP contribution >= 0.6 is 0 Å². The van der Waals surface area contributed by atoms with Crippen molar-refractivity contribution < 1.29 is 23.3 Å². The minimum absolute atomic E-state index is 0.0679. The van der Waals surface area contributed by atoms with Crippen molar-refractivity contribution >= 4 is 0 Å². The molecule has 0 bridgehead atoms. The number of ether oxygens (including phenoxy) is 4. The highest BCUT2D eigenvalue weighted by atomic mass is 19.1. The molecular formula is C55H81FN10O4. The van der Waals surface area contributed by atoms with Crippen molar-refractivity contribution in [2.24, 2.45) is 0 Å². The Morgan fingerprint density at radius 3 is 1.60 bits per heavy atom. The van der Waals surface area contributed by atoms with E-state index in [0.29, 0.717) is 0 Å². The lowest BCUT2D eigenvalue weighted by atomic mass is 10.1. The average Bonchev–Trinajstić information content (AvgIpc) is 4.12.